The first-order chi connectivity index (χ1) is 18.2. The van der Waals surface area contributed by atoms with E-state index in [-0.39, 0.29) is 17.9 Å². The third kappa shape index (κ3) is 5.75. The molecule has 5 rings (SSSR count). The van der Waals surface area contributed by atoms with E-state index in [1.165, 1.54) is 0 Å². The van der Waals surface area contributed by atoms with Gasteiger partial charge in [-0.1, -0.05) is 78.9 Å². The Kier molecular flexibility index (Phi) is 7.36. The molecule has 0 bridgehead atoms. The van der Waals surface area contributed by atoms with Crippen LogP contribution in [0, 0.1) is 0 Å². The summed E-state index contributed by atoms with van der Waals surface area (Å²) in [6.45, 7) is 1.12. The molecule has 3 N–H and O–H groups in total. The first-order valence-corrected chi connectivity index (χ1v) is 12.3. The van der Waals surface area contributed by atoms with E-state index in [9.17, 15) is 9.59 Å². The third-order valence-electron chi connectivity index (χ3n) is 5.98. The fraction of sp³-hybridized carbons (Fsp3) is 0.172. The highest BCUT2D eigenvalue weighted by molar-refractivity contribution is 5.90. The van der Waals surface area contributed by atoms with Gasteiger partial charge in [0.1, 0.15) is 5.69 Å². The number of oxazole rings is 1. The molecule has 0 aliphatic rings. The van der Waals surface area contributed by atoms with Gasteiger partial charge in [0, 0.05) is 42.4 Å². The van der Waals surface area contributed by atoms with E-state index in [0.717, 1.165) is 22.2 Å². The molecular weight excluding hydrogens is 466 g/mol. The number of H-pyrrole nitrogens is 1. The van der Waals surface area contributed by atoms with Gasteiger partial charge in [-0.3, -0.25) is 9.59 Å². The molecule has 8 heteroatoms. The van der Waals surface area contributed by atoms with Crippen LogP contribution >= 0.6 is 0 Å². The molecule has 3 aromatic carbocycles. The number of nitrogens with zero attached hydrogens (tertiary/aromatic N) is 2. The Balaban J connectivity index is 1.14. The molecular formula is C29H27N5O3. The average molecular weight is 494 g/mol. The van der Waals surface area contributed by atoms with E-state index in [0.29, 0.717) is 48.8 Å². The molecule has 0 unspecified atom stereocenters. The van der Waals surface area contributed by atoms with E-state index in [4.69, 9.17) is 9.40 Å². The van der Waals surface area contributed by atoms with Crippen molar-refractivity contribution in [3.8, 4) is 22.6 Å². The summed E-state index contributed by atoms with van der Waals surface area (Å²) in [6.07, 6.45) is 1.39. The zero-order chi connectivity index (χ0) is 25.5. The molecule has 2 heterocycles. The van der Waals surface area contributed by atoms with Crippen molar-refractivity contribution in [2.75, 3.05) is 18.4 Å². The van der Waals surface area contributed by atoms with Gasteiger partial charge in [0.05, 0.1) is 5.39 Å². The number of carbonyl (C=O) groups excluding carboxylic acids is 1. The van der Waals surface area contributed by atoms with Gasteiger partial charge >= 0.3 is 0 Å². The lowest BCUT2D eigenvalue weighted by Gasteiger charge is -2.08. The molecule has 0 spiro atoms. The van der Waals surface area contributed by atoms with Crippen molar-refractivity contribution in [1.29, 1.82) is 0 Å². The van der Waals surface area contributed by atoms with Crippen LogP contribution in [-0.2, 0) is 11.2 Å². The smallest absolute Gasteiger partial charge is 0.272 e. The molecule has 5 aromatic rings. The quantitative estimate of drug-likeness (QED) is 0.241. The molecule has 186 valence electrons. The number of aromatic amines is 1. The maximum atomic E-state index is 12.4. The van der Waals surface area contributed by atoms with Gasteiger partial charge in [0.15, 0.2) is 17.5 Å². The predicted octanol–water partition coefficient (Wildman–Crippen LogP) is 4.80. The normalized spacial score (nSPS) is 10.9. The fourth-order valence-corrected chi connectivity index (χ4v) is 4.13. The van der Waals surface area contributed by atoms with Crippen LogP contribution in [0.5, 0.6) is 0 Å². The van der Waals surface area contributed by atoms with Crippen LogP contribution in [0.1, 0.15) is 18.7 Å². The lowest BCUT2D eigenvalue weighted by atomic mass is 10.1. The zero-order valence-electron chi connectivity index (χ0n) is 20.2. The second kappa shape index (κ2) is 11.3. The van der Waals surface area contributed by atoms with E-state index >= 15 is 0 Å². The van der Waals surface area contributed by atoms with Crippen molar-refractivity contribution < 1.29 is 9.21 Å². The molecule has 0 fully saturated rings. The summed E-state index contributed by atoms with van der Waals surface area (Å²) >= 11 is 0. The van der Waals surface area contributed by atoms with Crippen LogP contribution in [-0.4, -0.2) is 34.2 Å². The number of anilines is 1. The highest BCUT2D eigenvalue weighted by Gasteiger charge is 2.17. The van der Waals surface area contributed by atoms with Crippen molar-refractivity contribution in [2.45, 2.75) is 19.3 Å². The van der Waals surface area contributed by atoms with Crippen molar-refractivity contribution >= 4 is 22.5 Å². The topological polar surface area (TPSA) is 113 Å². The standard InChI is InChI=1S/C29H27N5O3/c35-24(30-18-9-19-31-28-22-14-7-8-15-23(22)29(36)34-33-28)16-17-25-32-26(20-10-3-1-4-11-20)27(37-25)21-12-5-2-6-13-21/h1-8,10-15H,9,16-19H2,(H,30,35)(H,31,33)(H,34,36). The third-order valence-corrected chi connectivity index (χ3v) is 5.98. The molecule has 1 amide bonds. The first kappa shape index (κ1) is 24.0. The number of aromatic nitrogens is 3. The van der Waals surface area contributed by atoms with Gasteiger partial charge in [0.25, 0.3) is 5.56 Å². The molecule has 0 radical (unpaired) electrons. The van der Waals surface area contributed by atoms with Gasteiger partial charge in [-0.05, 0) is 12.5 Å². The summed E-state index contributed by atoms with van der Waals surface area (Å²) in [5, 5.41) is 14.1. The molecule has 0 saturated heterocycles. The highest BCUT2D eigenvalue weighted by Crippen LogP contribution is 2.32. The second-order valence-corrected chi connectivity index (χ2v) is 8.59. The monoisotopic (exact) mass is 493 g/mol. The van der Waals surface area contributed by atoms with Crippen LogP contribution in [0.4, 0.5) is 5.82 Å². The number of fused-ring (bicyclic) bond motifs is 1. The van der Waals surface area contributed by atoms with Gasteiger partial charge in [-0.25, -0.2) is 10.1 Å². The number of hydrogen-bond acceptors (Lipinski definition) is 6. The second-order valence-electron chi connectivity index (χ2n) is 8.59. The van der Waals surface area contributed by atoms with Crippen molar-refractivity contribution in [2.24, 2.45) is 0 Å². The zero-order valence-corrected chi connectivity index (χ0v) is 20.2. The number of nitrogens with one attached hydrogen (secondary N) is 3. The number of hydrogen-bond donors (Lipinski definition) is 3. The van der Waals surface area contributed by atoms with Gasteiger partial charge in [-0.15, -0.1) is 0 Å². The summed E-state index contributed by atoms with van der Waals surface area (Å²) < 4.78 is 6.11. The Morgan fingerprint density at radius 3 is 2.27 bits per heavy atom. The maximum Gasteiger partial charge on any atom is 0.272 e. The summed E-state index contributed by atoms with van der Waals surface area (Å²) in [6, 6.07) is 27.1. The number of benzene rings is 3. The van der Waals surface area contributed by atoms with Crippen LogP contribution in [0.2, 0.25) is 0 Å². The number of rotatable bonds is 10. The molecule has 0 atom stereocenters. The van der Waals surface area contributed by atoms with Crippen LogP contribution < -0.4 is 16.2 Å². The van der Waals surface area contributed by atoms with E-state index < -0.39 is 0 Å². The minimum Gasteiger partial charge on any atom is -0.440 e. The summed E-state index contributed by atoms with van der Waals surface area (Å²) in [7, 11) is 0. The highest BCUT2D eigenvalue weighted by atomic mass is 16.4. The van der Waals surface area contributed by atoms with E-state index in [2.05, 4.69) is 20.8 Å². The van der Waals surface area contributed by atoms with Crippen molar-refractivity contribution in [3.63, 3.8) is 0 Å². The van der Waals surface area contributed by atoms with E-state index in [1.807, 2.05) is 78.9 Å². The summed E-state index contributed by atoms with van der Waals surface area (Å²) in [5.74, 6) is 1.80. The lowest BCUT2D eigenvalue weighted by Crippen LogP contribution is -2.26. The fourth-order valence-electron chi connectivity index (χ4n) is 4.13. The molecule has 37 heavy (non-hydrogen) atoms. The van der Waals surface area contributed by atoms with Crippen LogP contribution in [0.25, 0.3) is 33.4 Å². The lowest BCUT2D eigenvalue weighted by molar-refractivity contribution is -0.121. The Labute approximate surface area is 213 Å². The number of carbonyl (C=O) groups is 1. The first-order valence-electron chi connectivity index (χ1n) is 12.3. The minimum atomic E-state index is -0.216. The minimum absolute atomic E-state index is 0.0617. The van der Waals surface area contributed by atoms with Crippen molar-refractivity contribution in [3.05, 3.63) is 101 Å². The molecule has 0 saturated carbocycles. The largest absolute Gasteiger partial charge is 0.440 e. The SMILES string of the molecule is O=C(CCc1nc(-c2ccccc2)c(-c2ccccc2)o1)NCCCNc1n[nH]c(=O)c2ccccc12. The van der Waals surface area contributed by atoms with Gasteiger partial charge < -0.3 is 15.1 Å². The van der Waals surface area contributed by atoms with Crippen LogP contribution in [0.3, 0.4) is 0 Å². The Morgan fingerprint density at radius 2 is 1.51 bits per heavy atom. The Hall–Kier alpha value is -4.72. The Morgan fingerprint density at radius 1 is 0.838 bits per heavy atom. The maximum absolute atomic E-state index is 12.4. The van der Waals surface area contributed by atoms with E-state index in [1.54, 1.807) is 6.07 Å². The molecule has 0 aliphatic carbocycles. The molecule has 2 aromatic heterocycles. The Bertz CT molecular complexity index is 1490. The summed E-state index contributed by atoms with van der Waals surface area (Å²) in [4.78, 5) is 29.1. The van der Waals surface area contributed by atoms with Gasteiger partial charge in [-0.2, -0.15) is 5.10 Å². The number of aryl methyl sites for hydroxylation is 1. The van der Waals surface area contributed by atoms with Crippen molar-refractivity contribution in [1.82, 2.24) is 20.5 Å². The number of amides is 1. The molecule has 8 nitrogen and oxygen atoms in total. The van der Waals surface area contributed by atoms with Gasteiger partial charge in [0.2, 0.25) is 5.91 Å². The van der Waals surface area contributed by atoms with Crippen LogP contribution in [0.15, 0.2) is 94.1 Å². The summed E-state index contributed by atoms with van der Waals surface area (Å²) in [5.41, 5.74) is 2.47. The predicted molar refractivity (Wildman–Crippen MR) is 144 cm³/mol. The molecule has 0 aliphatic heterocycles. The average Bonchev–Trinajstić information content (AvgIpc) is 3.38.